The number of aliphatic carboxylic acids is 1. The molecule has 0 aliphatic carbocycles. The van der Waals surface area contributed by atoms with Crippen LogP contribution in [0.25, 0.3) is 0 Å². The van der Waals surface area contributed by atoms with E-state index in [9.17, 15) is 24.9 Å². The highest BCUT2D eigenvalue weighted by atomic mass is 16.8. The number of methoxy groups -OCH3 is 1. The van der Waals surface area contributed by atoms with Crippen LogP contribution in [0.1, 0.15) is 27.7 Å². The third-order valence-electron chi connectivity index (χ3n) is 6.24. The van der Waals surface area contributed by atoms with E-state index in [1.807, 2.05) is 0 Å². The van der Waals surface area contributed by atoms with Gasteiger partial charge in [-0.3, -0.25) is 4.79 Å². The minimum Gasteiger partial charge on any atom is -0.477 e. The molecule has 184 valence electrons. The van der Waals surface area contributed by atoms with Crippen LogP contribution in [0.4, 0.5) is 0 Å². The molecular formula is C20H32O12. The van der Waals surface area contributed by atoms with Gasteiger partial charge in [0.1, 0.15) is 31.0 Å². The molecule has 6 unspecified atom stereocenters. The first-order valence-corrected chi connectivity index (χ1v) is 10.5. The first-order valence-electron chi connectivity index (χ1n) is 10.5. The third kappa shape index (κ3) is 4.92. The number of carbonyl (C=O) groups is 2. The third-order valence-corrected chi connectivity index (χ3v) is 6.24. The van der Waals surface area contributed by atoms with Crippen LogP contribution in [0.5, 0.6) is 0 Å². The largest absolute Gasteiger partial charge is 0.477 e. The molecule has 11 atom stereocenters. The van der Waals surface area contributed by atoms with Crippen LogP contribution in [-0.4, -0.2) is 103 Å². The molecule has 0 spiro atoms. The van der Waals surface area contributed by atoms with Crippen LogP contribution < -0.4 is 0 Å². The molecule has 3 rings (SSSR count). The van der Waals surface area contributed by atoms with E-state index in [2.05, 4.69) is 0 Å². The van der Waals surface area contributed by atoms with Gasteiger partial charge in [0.15, 0.2) is 12.6 Å². The fourth-order valence-electron chi connectivity index (χ4n) is 4.16. The van der Waals surface area contributed by atoms with Gasteiger partial charge in [0.25, 0.3) is 5.79 Å². The highest BCUT2D eigenvalue weighted by Gasteiger charge is 2.56. The molecule has 0 amide bonds. The molecule has 3 saturated heterocycles. The van der Waals surface area contributed by atoms with Gasteiger partial charge in [-0.25, -0.2) is 4.79 Å². The van der Waals surface area contributed by atoms with Gasteiger partial charge >= 0.3 is 11.9 Å². The van der Waals surface area contributed by atoms with E-state index in [-0.39, 0.29) is 13.2 Å². The fourth-order valence-corrected chi connectivity index (χ4v) is 4.16. The van der Waals surface area contributed by atoms with Crippen molar-refractivity contribution in [3.8, 4) is 0 Å². The monoisotopic (exact) mass is 464 g/mol. The molecule has 12 heteroatoms. The van der Waals surface area contributed by atoms with E-state index < -0.39 is 78.8 Å². The molecule has 0 aromatic rings. The Kier molecular flexibility index (Phi) is 7.77. The maximum Gasteiger partial charge on any atom is 0.364 e. The molecule has 12 nitrogen and oxygen atoms in total. The van der Waals surface area contributed by atoms with Crippen molar-refractivity contribution in [3.63, 3.8) is 0 Å². The molecule has 3 aliphatic rings. The summed E-state index contributed by atoms with van der Waals surface area (Å²) in [6.07, 6.45) is -7.50. The highest BCUT2D eigenvalue weighted by molar-refractivity contribution is 5.75. The first-order chi connectivity index (χ1) is 15.0. The number of aliphatic hydroxyl groups excluding tert-OH is 2. The average molecular weight is 464 g/mol. The topological polar surface area (TPSA) is 159 Å². The number of hydrogen-bond donors (Lipinski definition) is 3. The number of hydrogen-bond acceptors (Lipinski definition) is 11. The number of carboxylic acid groups (broad SMARTS) is 1. The highest BCUT2D eigenvalue weighted by Crippen LogP contribution is 2.39. The SMILES string of the molecule is CO[C@@H]1OC2COC(C)(C(=O)O)O[C@@H]2C(O[C@@H]2OC(COC(C)=O)[C@@H](O)[C@@H](C)C2O)C1C. The number of carbonyl (C=O) groups excluding carboxylic acids is 1. The van der Waals surface area contributed by atoms with Gasteiger partial charge in [-0.05, 0) is 0 Å². The Labute approximate surface area is 185 Å². The average Bonchev–Trinajstić information content (AvgIpc) is 2.74. The van der Waals surface area contributed by atoms with Crippen molar-refractivity contribution >= 4 is 11.9 Å². The van der Waals surface area contributed by atoms with Crippen LogP contribution in [0, 0.1) is 11.8 Å². The first kappa shape index (κ1) is 25.2. The second-order valence-electron chi connectivity index (χ2n) is 8.57. The van der Waals surface area contributed by atoms with Crippen LogP contribution in [0.2, 0.25) is 0 Å². The zero-order chi connectivity index (χ0) is 23.8. The van der Waals surface area contributed by atoms with E-state index in [1.54, 1.807) is 13.8 Å². The second-order valence-corrected chi connectivity index (χ2v) is 8.57. The lowest BCUT2D eigenvalue weighted by Gasteiger charge is -2.51. The Morgan fingerprint density at radius 2 is 1.78 bits per heavy atom. The molecule has 3 aliphatic heterocycles. The summed E-state index contributed by atoms with van der Waals surface area (Å²) in [6, 6.07) is 0. The Hall–Kier alpha value is -1.38. The van der Waals surface area contributed by atoms with Crippen molar-refractivity contribution in [3.05, 3.63) is 0 Å². The molecule has 0 saturated carbocycles. The van der Waals surface area contributed by atoms with E-state index in [0.717, 1.165) is 0 Å². The number of esters is 1. The Bertz CT molecular complexity index is 687. The zero-order valence-corrected chi connectivity index (χ0v) is 18.7. The van der Waals surface area contributed by atoms with E-state index in [4.69, 9.17) is 33.2 Å². The molecule has 32 heavy (non-hydrogen) atoms. The van der Waals surface area contributed by atoms with Crippen molar-refractivity contribution in [2.45, 2.75) is 82.7 Å². The van der Waals surface area contributed by atoms with E-state index in [1.165, 1.54) is 21.0 Å². The standard InChI is InChI=1S/C20H32O12/c1-8-13(22)11(6-27-10(3)21)29-18(14(8)23)31-15-9(2)17(26-5)30-12-7-28-20(4,19(24)25)32-16(12)15/h8-9,11-18,22-23H,6-7H2,1-5H3,(H,24,25)/t8-,9?,11?,12?,13+,14?,15?,16+,17-,18+,20?/m1/s1. The maximum atomic E-state index is 11.7. The molecule has 0 bridgehead atoms. The summed E-state index contributed by atoms with van der Waals surface area (Å²) in [5.41, 5.74) is 0. The van der Waals surface area contributed by atoms with Gasteiger partial charge in [-0.1, -0.05) is 13.8 Å². The second kappa shape index (κ2) is 9.85. The number of ether oxygens (including phenoxy) is 7. The number of aliphatic hydroxyl groups is 2. The Balaban J connectivity index is 1.82. The van der Waals surface area contributed by atoms with Crippen molar-refractivity contribution in [2.24, 2.45) is 11.8 Å². The van der Waals surface area contributed by atoms with Gasteiger partial charge in [0, 0.05) is 32.8 Å². The van der Waals surface area contributed by atoms with Crippen molar-refractivity contribution in [2.75, 3.05) is 20.3 Å². The van der Waals surface area contributed by atoms with Gasteiger partial charge in [-0.2, -0.15) is 0 Å². The van der Waals surface area contributed by atoms with Crippen LogP contribution in [0.15, 0.2) is 0 Å². The zero-order valence-electron chi connectivity index (χ0n) is 18.7. The lowest BCUT2D eigenvalue weighted by molar-refractivity contribution is -0.393. The molecule has 3 N–H and O–H groups in total. The fraction of sp³-hybridized carbons (Fsp3) is 0.900. The number of carboxylic acids is 1. The van der Waals surface area contributed by atoms with Gasteiger partial charge in [0.2, 0.25) is 0 Å². The Morgan fingerprint density at radius 1 is 1.09 bits per heavy atom. The van der Waals surface area contributed by atoms with Gasteiger partial charge < -0.3 is 48.5 Å². The lowest BCUT2D eigenvalue weighted by Crippen LogP contribution is -2.66. The Morgan fingerprint density at radius 3 is 2.38 bits per heavy atom. The van der Waals surface area contributed by atoms with E-state index in [0.29, 0.717) is 0 Å². The van der Waals surface area contributed by atoms with Crippen LogP contribution in [-0.2, 0) is 42.7 Å². The quantitative estimate of drug-likeness (QED) is 0.422. The predicted molar refractivity (Wildman–Crippen MR) is 103 cm³/mol. The molecule has 0 aromatic heterocycles. The minimum atomic E-state index is -1.90. The molecule has 0 aromatic carbocycles. The lowest BCUT2D eigenvalue weighted by atomic mass is 9.89. The summed E-state index contributed by atoms with van der Waals surface area (Å²) in [5.74, 6) is -4.84. The summed E-state index contributed by atoms with van der Waals surface area (Å²) < 4.78 is 39.2. The van der Waals surface area contributed by atoms with E-state index >= 15 is 0 Å². The normalized spacial score (nSPS) is 46.8. The maximum absolute atomic E-state index is 11.7. The minimum absolute atomic E-state index is 0.0713. The number of rotatable bonds is 6. The summed E-state index contributed by atoms with van der Waals surface area (Å²) in [7, 11) is 1.46. The predicted octanol–water partition coefficient (Wildman–Crippen LogP) is -0.759. The number of fused-ring (bicyclic) bond motifs is 1. The van der Waals surface area contributed by atoms with Gasteiger partial charge in [0.05, 0.1) is 18.8 Å². The van der Waals surface area contributed by atoms with Crippen molar-refractivity contribution < 1.29 is 58.1 Å². The molecular weight excluding hydrogens is 432 g/mol. The van der Waals surface area contributed by atoms with Crippen molar-refractivity contribution in [1.82, 2.24) is 0 Å². The van der Waals surface area contributed by atoms with Gasteiger partial charge in [-0.15, -0.1) is 0 Å². The summed E-state index contributed by atoms with van der Waals surface area (Å²) in [4.78, 5) is 22.8. The summed E-state index contributed by atoms with van der Waals surface area (Å²) >= 11 is 0. The molecule has 3 heterocycles. The van der Waals surface area contributed by atoms with Crippen molar-refractivity contribution in [1.29, 1.82) is 0 Å². The van der Waals surface area contributed by atoms with Crippen LogP contribution in [0.3, 0.4) is 0 Å². The molecule has 0 radical (unpaired) electrons. The summed E-state index contributed by atoms with van der Waals surface area (Å²) in [5, 5.41) is 30.6. The smallest absolute Gasteiger partial charge is 0.364 e. The summed E-state index contributed by atoms with van der Waals surface area (Å²) in [6.45, 7) is 5.63. The molecule has 3 fully saturated rings. The van der Waals surface area contributed by atoms with Crippen LogP contribution >= 0.6 is 0 Å².